The van der Waals surface area contributed by atoms with Crippen LogP contribution in [-0.4, -0.2) is 21.4 Å². The van der Waals surface area contributed by atoms with Crippen molar-refractivity contribution in [2.45, 2.75) is 31.9 Å². The molecule has 3 rings (SSSR count). The van der Waals surface area contributed by atoms with Gasteiger partial charge in [-0.1, -0.05) is 26.0 Å². The number of fused-ring (bicyclic) bond motifs is 1. The standard InChI is InChI=1S/C18H22FN3OS/c1-11(2)4-9-14-16-17(12-5-7-13(19)8-6-12)24-10-15(23)20-18(16)22(3)21-14/h5-8,11,17H,4,9-10H2,1-3H3,(H,20,23). The van der Waals surface area contributed by atoms with E-state index >= 15 is 0 Å². The Kier molecular flexibility index (Phi) is 4.94. The number of rotatable bonds is 4. The second kappa shape index (κ2) is 6.97. The normalized spacial score (nSPS) is 17.5. The van der Waals surface area contributed by atoms with E-state index < -0.39 is 0 Å². The van der Waals surface area contributed by atoms with Gasteiger partial charge in [-0.2, -0.15) is 5.10 Å². The maximum absolute atomic E-state index is 13.3. The van der Waals surface area contributed by atoms with Gasteiger partial charge in [0.05, 0.1) is 16.7 Å². The Bertz CT molecular complexity index is 739. The van der Waals surface area contributed by atoms with Gasteiger partial charge in [0.15, 0.2) is 0 Å². The Morgan fingerprint density at radius 3 is 2.75 bits per heavy atom. The summed E-state index contributed by atoms with van der Waals surface area (Å²) in [5, 5.41) is 7.61. The highest BCUT2D eigenvalue weighted by atomic mass is 32.2. The molecule has 128 valence electrons. The fourth-order valence-corrected chi connectivity index (χ4v) is 4.09. The number of thioether (sulfide) groups is 1. The Morgan fingerprint density at radius 1 is 1.38 bits per heavy atom. The third-order valence-corrected chi connectivity index (χ3v) is 5.46. The number of nitrogens with zero attached hydrogens (tertiary/aromatic N) is 2. The molecule has 1 aliphatic rings. The second-order valence-electron chi connectivity index (χ2n) is 6.56. The van der Waals surface area contributed by atoms with Crippen LogP contribution in [0.4, 0.5) is 10.2 Å². The molecule has 1 unspecified atom stereocenters. The van der Waals surface area contributed by atoms with E-state index in [4.69, 9.17) is 0 Å². The van der Waals surface area contributed by atoms with Crippen molar-refractivity contribution in [3.63, 3.8) is 0 Å². The van der Waals surface area contributed by atoms with Crippen LogP contribution in [0.25, 0.3) is 0 Å². The number of hydrogen-bond donors (Lipinski definition) is 1. The SMILES string of the molecule is CC(C)CCc1nn(C)c2c1C(c1ccc(F)cc1)SCC(=O)N2. The van der Waals surface area contributed by atoms with Crippen molar-refractivity contribution in [1.82, 2.24) is 9.78 Å². The summed E-state index contributed by atoms with van der Waals surface area (Å²) in [6.45, 7) is 4.38. The summed E-state index contributed by atoms with van der Waals surface area (Å²) < 4.78 is 15.1. The number of aromatic nitrogens is 2. The zero-order valence-corrected chi connectivity index (χ0v) is 15.0. The Balaban J connectivity index is 2.06. The first-order valence-corrected chi connectivity index (χ1v) is 9.23. The maximum Gasteiger partial charge on any atom is 0.235 e. The van der Waals surface area contributed by atoms with E-state index in [1.54, 1.807) is 28.6 Å². The van der Waals surface area contributed by atoms with E-state index in [2.05, 4.69) is 24.3 Å². The topological polar surface area (TPSA) is 46.9 Å². The van der Waals surface area contributed by atoms with Gasteiger partial charge >= 0.3 is 0 Å². The summed E-state index contributed by atoms with van der Waals surface area (Å²) >= 11 is 1.57. The van der Waals surface area contributed by atoms with Crippen molar-refractivity contribution in [1.29, 1.82) is 0 Å². The van der Waals surface area contributed by atoms with Gasteiger partial charge in [0.1, 0.15) is 11.6 Å². The van der Waals surface area contributed by atoms with Crippen molar-refractivity contribution in [3.8, 4) is 0 Å². The van der Waals surface area contributed by atoms with E-state index in [1.165, 1.54) is 12.1 Å². The van der Waals surface area contributed by atoms with Crippen LogP contribution in [0.2, 0.25) is 0 Å². The van der Waals surface area contributed by atoms with Crippen LogP contribution in [0.1, 0.15) is 42.3 Å². The highest BCUT2D eigenvalue weighted by Gasteiger charge is 2.30. The molecule has 0 spiro atoms. The lowest BCUT2D eigenvalue weighted by Crippen LogP contribution is -2.15. The monoisotopic (exact) mass is 347 g/mol. The molecule has 1 amide bonds. The average molecular weight is 347 g/mol. The van der Waals surface area contributed by atoms with Crippen molar-refractivity contribution in [2.24, 2.45) is 13.0 Å². The fourth-order valence-electron chi connectivity index (χ4n) is 2.94. The molecule has 1 aromatic carbocycles. The molecule has 1 aromatic heterocycles. The highest BCUT2D eigenvalue weighted by Crippen LogP contribution is 2.43. The zero-order chi connectivity index (χ0) is 17.3. The Morgan fingerprint density at radius 2 is 2.08 bits per heavy atom. The van der Waals surface area contributed by atoms with Gasteiger partial charge in [0, 0.05) is 12.6 Å². The Labute approximate surface area is 145 Å². The van der Waals surface area contributed by atoms with Crippen LogP contribution in [-0.2, 0) is 18.3 Å². The number of amides is 1. The third-order valence-electron chi connectivity index (χ3n) is 4.19. The van der Waals surface area contributed by atoms with Crippen molar-refractivity contribution in [2.75, 3.05) is 11.1 Å². The molecular weight excluding hydrogens is 325 g/mol. The summed E-state index contributed by atoms with van der Waals surface area (Å²) in [5.41, 5.74) is 3.07. The zero-order valence-electron chi connectivity index (χ0n) is 14.2. The van der Waals surface area contributed by atoms with Crippen LogP contribution >= 0.6 is 11.8 Å². The molecular formula is C18H22FN3OS. The van der Waals surface area contributed by atoms with Crippen LogP contribution in [0.5, 0.6) is 0 Å². The first kappa shape index (κ1) is 17.0. The maximum atomic E-state index is 13.3. The van der Waals surface area contributed by atoms with Gasteiger partial charge in [0.2, 0.25) is 5.91 Å². The number of anilines is 1. The number of aryl methyl sites for hydroxylation is 2. The Hall–Kier alpha value is -1.82. The molecule has 0 bridgehead atoms. The van der Waals surface area contributed by atoms with Gasteiger partial charge in [-0.05, 0) is 36.5 Å². The van der Waals surface area contributed by atoms with Crippen molar-refractivity contribution in [3.05, 3.63) is 46.9 Å². The molecule has 2 aromatic rings. The first-order chi connectivity index (χ1) is 11.5. The van der Waals surface area contributed by atoms with E-state index in [9.17, 15) is 9.18 Å². The summed E-state index contributed by atoms with van der Waals surface area (Å²) in [6, 6.07) is 6.54. The molecule has 24 heavy (non-hydrogen) atoms. The van der Waals surface area contributed by atoms with Crippen LogP contribution in [0, 0.1) is 11.7 Å². The largest absolute Gasteiger partial charge is 0.310 e. The van der Waals surface area contributed by atoms with Gasteiger partial charge in [0.25, 0.3) is 0 Å². The first-order valence-electron chi connectivity index (χ1n) is 8.18. The molecule has 2 heterocycles. The lowest BCUT2D eigenvalue weighted by atomic mass is 9.99. The molecule has 0 fully saturated rings. The quantitative estimate of drug-likeness (QED) is 0.912. The van der Waals surface area contributed by atoms with Gasteiger partial charge in [-0.25, -0.2) is 4.39 Å². The van der Waals surface area contributed by atoms with E-state index in [0.29, 0.717) is 11.7 Å². The molecule has 0 saturated carbocycles. The predicted molar refractivity (Wildman–Crippen MR) is 95.7 cm³/mol. The molecule has 1 N–H and O–H groups in total. The molecule has 0 saturated heterocycles. The van der Waals surface area contributed by atoms with E-state index in [0.717, 1.165) is 35.5 Å². The lowest BCUT2D eigenvalue weighted by molar-refractivity contribution is -0.113. The average Bonchev–Trinajstić information content (AvgIpc) is 2.72. The molecule has 1 aliphatic heterocycles. The molecule has 1 atom stereocenters. The summed E-state index contributed by atoms with van der Waals surface area (Å²) in [5.74, 6) is 1.45. The van der Waals surface area contributed by atoms with Crippen molar-refractivity contribution >= 4 is 23.5 Å². The van der Waals surface area contributed by atoms with Crippen LogP contribution in [0.15, 0.2) is 24.3 Å². The number of hydrogen-bond acceptors (Lipinski definition) is 3. The number of carbonyl (C=O) groups excluding carboxylic acids is 1. The number of benzene rings is 1. The molecule has 0 radical (unpaired) electrons. The lowest BCUT2D eigenvalue weighted by Gasteiger charge is -2.16. The number of nitrogens with one attached hydrogen (secondary N) is 1. The van der Waals surface area contributed by atoms with Gasteiger partial charge < -0.3 is 5.32 Å². The minimum Gasteiger partial charge on any atom is -0.310 e. The minimum atomic E-state index is -0.252. The molecule has 0 aliphatic carbocycles. The summed E-state index contributed by atoms with van der Waals surface area (Å²) in [4.78, 5) is 12.1. The fraction of sp³-hybridized carbons (Fsp3) is 0.444. The van der Waals surface area contributed by atoms with E-state index in [1.807, 2.05) is 7.05 Å². The number of carbonyl (C=O) groups is 1. The molecule has 4 nitrogen and oxygen atoms in total. The second-order valence-corrected chi connectivity index (χ2v) is 7.65. The smallest absolute Gasteiger partial charge is 0.235 e. The third kappa shape index (κ3) is 3.48. The van der Waals surface area contributed by atoms with Crippen LogP contribution < -0.4 is 5.32 Å². The van der Waals surface area contributed by atoms with E-state index in [-0.39, 0.29) is 17.0 Å². The highest BCUT2D eigenvalue weighted by molar-refractivity contribution is 8.00. The van der Waals surface area contributed by atoms with Gasteiger partial charge in [-0.3, -0.25) is 9.48 Å². The van der Waals surface area contributed by atoms with Crippen LogP contribution in [0.3, 0.4) is 0 Å². The minimum absolute atomic E-state index is 0.0181. The summed E-state index contributed by atoms with van der Waals surface area (Å²) in [6.07, 6.45) is 1.91. The van der Waals surface area contributed by atoms with Gasteiger partial charge in [-0.15, -0.1) is 11.8 Å². The predicted octanol–water partition coefficient (Wildman–Crippen LogP) is 3.92. The van der Waals surface area contributed by atoms with Crippen molar-refractivity contribution < 1.29 is 9.18 Å². The number of halogens is 1. The molecule has 6 heteroatoms. The summed E-state index contributed by atoms with van der Waals surface area (Å²) in [7, 11) is 1.86.